The summed E-state index contributed by atoms with van der Waals surface area (Å²) in [6.45, 7) is 3.37. The quantitative estimate of drug-likeness (QED) is 0.427. The van der Waals surface area contributed by atoms with Gasteiger partial charge in [-0.3, -0.25) is 9.59 Å². The molecule has 0 spiro atoms. The van der Waals surface area contributed by atoms with Crippen molar-refractivity contribution in [1.29, 1.82) is 0 Å². The van der Waals surface area contributed by atoms with Crippen molar-refractivity contribution in [3.05, 3.63) is 0 Å². The standard InChI is InChI=1S/C9H19N3O3/c1-3-9(2,15)6-12-8(14)5-11-7(13)4-10/h15H,3-6,10H2,1-2H3,(H,11,13)(H,12,14). The van der Waals surface area contributed by atoms with Crippen LogP contribution >= 0.6 is 0 Å². The number of hydrogen-bond acceptors (Lipinski definition) is 4. The third kappa shape index (κ3) is 6.87. The van der Waals surface area contributed by atoms with Crippen LogP contribution in [0, 0.1) is 0 Å². The van der Waals surface area contributed by atoms with E-state index >= 15 is 0 Å². The molecular formula is C9H19N3O3. The van der Waals surface area contributed by atoms with E-state index in [-0.39, 0.29) is 31.4 Å². The van der Waals surface area contributed by atoms with Gasteiger partial charge in [0, 0.05) is 6.54 Å². The van der Waals surface area contributed by atoms with Crippen LogP contribution in [0.25, 0.3) is 0 Å². The molecule has 0 bridgehead atoms. The van der Waals surface area contributed by atoms with Crippen molar-refractivity contribution in [1.82, 2.24) is 10.6 Å². The van der Waals surface area contributed by atoms with E-state index in [1.807, 2.05) is 6.92 Å². The van der Waals surface area contributed by atoms with E-state index in [1.165, 1.54) is 0 Å². The molecule has 1 atom stereocenters. The van der Waals surface area contributed by atoms with Crippen molar-refractivity contribution in [2.24, 2.45) is 5.73 Å². The molecule has 0 aliphatic carbocycles. The fourth-order valence-corrected chi connectivity index (χ4v) is 0.728. The third-order valence-electron chi connectivity index (χ3n) is 2.06. The molecule has 0 saturated heterocycles. The zero-order chi connectivity index (χ0) is 11.9. The molecule has 6 nitrogen and oxygen atoms in total. The van der Waals surface area contributed by atoms with Gasteiger partial charge in [0.1, 0.15) is 0 Å². The highest BCUT2D eigenvalue weighted by atomic mass is 16.3. The monoisotopic (exact) mass is 217 g/mol. The lowest BCUT2D eigenvalue weighted by molar-refractivity contribution is -0.125. The number of aliphatic hydroxyl groups is 1. The van der Waals surface area contributed by atoms with Crippen molar-refractivity contribution >= 4 is 11.8 Å². The van der Waals surface area contributed by atoms with Gasteiger partial charge in [-0.1, -0.05) is 6.92 Å². The lowest BCUT2D eigenvalue weighted by atomic mass is 10.0. The number of nitrogens with one attached hydrogen (secondary N) is 2. The molecule has 2 amide bonds. The second kappa shape index (κ2) is 6.36. The average molecular weight is 217 g/mol. The topological polar surface area (TPSA) is 104 Å². The van der Waals surface area contributed by atoms with Gasteiger partial charge < -0.3 is 21.5 Å². The summed E-state index contributed by atoms with van der Waals surface area (Å²) in [7, 11) is 0. The summed E-state index contributed by atoms with van der Waals surface area (Å²) in [6.07, 6.45) is 0.544. The summed E-state index contributed by atoms with van der Waals surface area (Å²) in [4.78, 5) is 21.9. The Bertz CT molecular complexity index is 229. The van der Waals surface area contributed by atoms with E-state index in [4.69, 9.17) is 5.73 Å². The highest BCUT2D eigenvalue weighted by molar-refractivity contribution is 5.85. The summed E-state index contributed by atoms with van der Waals surface area (Å²) in [5.41, 5.74) is 4.13. The molecule has 0 rings (SSSR count). The number of nitrogens with two attached hydrogens (primary N) is 1. The first-order chi connectivity index (χ1) is 6.91. The van der Waals surface area contributed by atoms with Crippen LogP contribution in [0.4, 0.5) is 0 Å². The minimum absolute atomic E-state index is 0.115. The molecule has 5 N–H and O–H groups in total. The normalized spacial score (nSPS) is 14.1. The maximum atomic E-state index is 11.1. The Morgan fingerprint density at radius 2 is 1.93 bits per heavy atom. The Balaban J connectivity index is 3.71. The van der Waals surface area contributed by atoms with Crippen LogP contribution in [0.5, 0.6) is 0 Å². The van der Waals surface area contributed by atoms with Crippen LogP contribution < -0.4 is 16.4 Å². The van der Waals surface area contributed by atoms with Crippen LogP contribution in [0.3, 0.4) is 0 Å². The first-order valence-electron chi connectivity index (χ1n) is 4.87. The second-order valence-corrected chi connectivity index (χ2v) is 3.61. The van der Waals surface area contributed by atoms with Gasteiger partial charge >= 0.3 is 0 Å². The van der Waals surface area contributed by atoms with Gasteiger partial charge in [0.15, 0.2) is 0 Å². The van der Waals surface area contributed by atoms with Gasteiger partial charge in [-0.15, -0.1) is 0 Å². The van der Waals surface area contributed by atoms with Crippen LogP contribution in [0.2, 0.25) is 0 Å². The highest BCUT2D eigenvalue weighted by Gasteiger charge is 2.18. The Labute approximate surface area is 89.2 Å². The number of carbonyl (C=O) groups excluding carboxylic acids is 2. The van der Waals surface area contributed by atoms with Crippen LogP contribution in [0.15, 0.2) is 0 Å². The van der Waals surface area contributed by atoms with E-state index in [0.29, 0.717) is 6.42 Å². The van der Waals surface area contributed by atoms with Gasteiger partial charge in [-0.25, -0.2) is 0 Å². The first kappa shape index (κ1) is 13.9. The fraction of sp³-hybridized carbons (Fsp3) is 0.778. The first-order valence-corrected chi connectivity index (χ1v) is 4.87. The molecule has 88 valence electrons. The SMILES string of the molecule is CCC(C)(O)CNC(=O)CNC(=O)CN. The van der Waals surface area contributed by atoms with Gasteiger partial charge in [0.2, 0.25) is 11.8 Å². The summed E-state index contributed by atoms with van der Waals surface area (Å²) < 4.78 is 0. The molecule has 0 aromatic heterocycles. The molecule has 6 heteroatoms. The molecule has 15 heavy (non-hydrogen) atoms. The van der Waals surface area contributed by atoms with E-state index in [2.05, 4.69) is 10.6 Å². The highest BCUT2D eigenvalue weighted by Crippen LogP contribution is 2.05. The van der Waals surface area contributed by atoms with E-state index < -0.39 is 5.60 Å². The molecular weight excluding hydrogens is 198 g/mol. The lowest BCUT2D eigenvalue weighted by Crippen LogP contribution is -2.45. The fourth-order valence-electron chi connectivity index (χ4n) is 0.728. The zero-order valence-electron chi connectivity index (χ0n) is 9.17. The molecule has 0 heterocycles. The molecule has 0 fully saturated rings. The Hall–Kier alpha value is -1.14. The second-order valence-electron chi connectivity index (χ2n) is 3.61. The van der Waals surface area contributed by atoms with Crippen LogP contribution in [-0.2, 0) is 9.59 Å². The lowest BCUT2D eigenvalue weighted by Gasteiger charge is -2.21. The van der Waals surface area contributed by atoms with Gasteiger partial charge in [-0.05, 0) is 13.3 Å². The summed E-state index contributed by atoms with van der Waals surface area (Å²) in [5.74, 6) is -0.724. The Morgan fingerprint density at radius 3 is 2.40 bits per heavy atom. The number of carbonyl (C=O) groups is 2. The molecule has 0 aromatic carbocycles. The van der Waals surface area contributed by atoms with Gasteiger partial charge in [-0.2, -0.15) is 0 Å². The van der Waals surface area contributed by atoms with Crippen molar-refractivity contribution in [3.63, 3.8) is 0 Å². The van der Waals surface area contributed by atoms with E-state index in [1.54, 1.807) is 6.92 Å². The smallest absolute Gasteiger partial charge is 0.239 e. The van der Waals surface area contributed by atoms with Crippen molar-refractivity contribution in [2.75, 3.05) is 19.6 Å². The predicted octanol–water partition coefficient (Wildman–Crippen LogP) is -1.66. The maximum absolute atomic E-state index is 11.1. The molecule has 0 aliphatic rings. The molecule has 0 radical (unpaired) electrons. The molecule has 0 aliphatic heterocycles. The summed E-state index contributed by atoms with van der Waals surface area (Å²) in [5, 5.41) is 14.4. The number of rotatable bonds is 6. The minimum Gasteiger partial charge on any atom is -0.388 e. The number of amides is 2. The summed E-state index contributed by atoms with van der Waals surface area (Å²) in [6, 6.07) is 0. The van der Waals surface area contributed by atoms with Crippen molar-refractivity contribution < 1.29 is 14.7 Å². The molecule has 0 saturated carbocycles. The minimum atomic E-state index is -0.909. The molecule has 0 aromatic rings. The number of hydrogen-bond donors (Lipinski definition) is 4. The largest absolute Gasteiger partial charge is 0.388 e. The van der Waals surface area contributed by atoms with Crippen LogP contribution in [0.1, 0.15) is 20.3 Å². The molecule has 1 unspecified atom stereocenters. The zero-order valence-corrected chi connectivity index (χ0v) is 9.17. The predicted molar refractivity (Wildman–Crippen MR) is 56.0 cm³/mol. The van der Waals surface area contributed by atoms with Crippen LogP contribution in [-0.4, -0.2) is 42.2 Å². The van der Waals surface area contributed by atoms with Gasteiger partial charge in [0.25, 0.3) is 0 Å². The third-order valence-corrected chi connectivity index (χ3v) is 2.06. The average Bonchev–Trinajstić information content (AvgIpc) is 2.23. The maximum Gasteiger partial charge on any atom is 0.239 e. The van der Waals surface area contributed by atoms with E-state index in [9.17, 15) is 14.7 Å². The van der Waals surface area contributed by atoms with Crippen molar-refractivity contribution in [2.45, 2.75) is 25.9 Å². The van der Waals surface area contributed by atoms with Crippen molar-refractivity contribution in [3.8, 4) is 0 Å². The van der Waals surface area contributed by atoms with Gasteiger partial charge in [0.05, 0.1) is 18.7 Å². The Morgan fingerprint density at radius 1 is 1.33 bits per heavy atom. The Kier molecular flexibility index (Phi) is 5.88. The van der Waals surface area contributed by atoms with E-state index in [0.717, 1.165) is 0 Å². The summed E-state index contributed by atoms with van der Waals surface area (Å²) >= 11 is 0.